The van der Waals surface area contributed by atoms with Crippen molar-refractivity contribution in [3.63, 3.8) is 0 Å². The van der Waals surface area contributed by atoms with E-state index >= 15 is 0 Å². The van der Waals surface area contributed by atoms with Crippen molar-refractivity contribution in [1.29, 1.82) is 0 Å². The molecule has 0 bridgehead atoms. The number of ketones is 1. The first-order valence-corrected chi connectivity index (χ1v) is 5.67. The Balaban J connectivity index is 2.33. The monoisotopic (exact) mass is 225 g/mol. The Kier molecular flexibility index (Phi) is 3.33. The van der Waals surface area contributed by atoms with Crippen LogP contribution in [0.1, 0.15) is 20.3 Å². The molecule has 0 unspecified atom stereocenters. The summed E-state index contributed by atoms with van der Waals surface area (Å²) in [7, 11) is 0. The molecule has 2 aromatic rings. The second kappa shape index (κ2) is 4.91. The van der Waals surface area contributed by atoms with Crippen LogP contribution < -0.4 is 0 Å². The highest BCUT2D eigenvalue weighted by Crippen LogP contribution is 2.21. The molecule has 0 aliphatic rings. The van der Waals surface area contributed by atoms with Gasteiger partial charge < -0.3 is 0 Å². The van der Waals surface area contributed by atoms with Crippen LogP contribution in [0.3, 0.4) is 0 Å². The lowest BCUT2D eigenvalue weighted by atomic mass is 10.1. The molecule has 0 fully saturated rings. The molecule has 2 aromatic carbocycles. The van der Waals surface area contributed by atoms with Crippen molar-refractivity contribution < 1.29 is 4.79 Å². The highest BCUT2D eigenvalue weighted by atomic mass is 16.1. The van der Waals surface area contributed by atoms with E-state index in [1.54, 1.807) is 6.92 Å². The van der Waals surface area contributed by atoms with Gasteiger partial charge in [-0.1, -0.05) is 30.3 Å². The summed E-state index contributed by atoms with van der Waals surface area (Å²) in [5.74, 6) is 0.145. The highest BCUT2D eigenvalue weighted by molar-refractivity contribution is 6.01. The first kappa shape index (κ1) is 11.5. The summed E-state index contributed by atoms with van der Waals surface area (Å²) in [6.45, 7) is 3.47. The van der Waals surface area contributed by atoms with Crippen LogP contribution >= 0.6 is 0 Å². The molecular formula is C15H15NO. The number of nitrogens with zero attached hydrogens (tertiary/aromatic N) is 1. The fourth-order valence-corrected chi connectivity index (χ4v) is 1.87. The summed E-state index contributed by atoms with van der Waals surface area (Å²) in [5, 5.41) is 2.38. The molecule has 0 amide bonds. The normalized spacial score (nSPS) is 11.8. The Morgan fingerprint density at radius 1 is 1.06 bits per heavy atom. The van der Waals surface area contributed by atoms with Crippen LogP contribution in [-0.4, -0.2) is 11.5 Å². The third-order valence-electron chi connectivity index (χ3n) is 2.56. The number of fused-ring (bicyclic) bond motifs is 1. The lowest BCUT2D eigenvalue weighted by Crippen LogP contribution is -1.98. The average molecular weight is 225 g/mol. The molecule has 0 aliphatic carbocycles. The Labute approximate surface area is 101 Å². The molecule has 17 heavy (non-hydrogen) atoms. The minimum atomic E-state index is 0.145. The van der Waals surface area contributed by atoms with Gasteiger partial charge >= 0.3 is 0 Å². The maximum atomic E-state index is 11.0. The van der Waals surface area contributed by atoms with E-state index in [2.05, 4.69) is 23.2 Å². The number of Topliss-reactive ketones (excluding diaryl/α,β-unsaturated/α-hetero) is 1. The van der Waals surface area contributed by atoms with Crippen LogP contribution in [0.5, 0.6) is 0 Å². The van der Waals surface area contributed by atoms with Crippen molar-refractivity contribution in [2.24, 2.45) is 4.99 Å². The Morgan fingerprint density at radius 3 is 2.47 bits per heavy atom. The molecule has 2 rings (SSSR count). The zero-order chi connectivity index (χ0) is 12.3. The molecule has 0 saturated heterocycles. The number of hydrogen-bond acceptors (Lipinski definition) is 2. The summed E-state index contributed by atoms with van der Waals surface area (Å²) in [6.07, 6.45) is 0.423. The first-order chi connectivity index (χ1) is 8.15. The Bertz CT molecular complexity index is 584. The van der Waals surface area contributed by atoms with E-state index in [9.17, 15) is 4.79 Å². The fraction of sp³-hybridized carbons (Fsp3) is 0.200. The number of hydrogen-bond donors (Lipinski definition) is 0. The number of carbonyl (C=O) groups excluding carboxylic acids is 1. The van der Waals surface area contributed by atoms with Gasteiger partial charge in [0, 0.05) is 12.1 Å². The summed E-state index contributed by atoms with van der Waals surface area (Å²) in [5.41, 5.74) is 1.76. The molecule has 2 heteroatoms. The quantitative estimate of drug-likeness (QED) is 0.728. The maximum Gasteiger partial charge on any atom is 0.135 e. The van der Waals surface area contributed by atoms with Crippen LogP contribution in [0, 0.1) is 0 Å². The van der Waals surface area contributed by atoms with E-state index in [0.29, 0.717) is 6.42 Å². The van der Waals surface area contributed by atoms with E-state index in [-0.39, 0.29) is 5.78 Å². The van der Waals surface area contributed by atoms with Crippen molar-refractivity contribution in [2.75, 3.05) is 0 Å². The van der Waals surface area contributed by atoms with Crippen molar-refractivity contribution in [1.82, 2.24) is 0 Å². The first-order valence-electron chi connectivity index (χ1n) is 5.67. The Morgan fingerprint density at radius 2 is 1.76 bits per heavy atom. The molecule has 86 valence electrons. The van der Waals surface area contributed by atoms with Crippen LogP contribution in [0.4, 0.5) is 5.69 Å². The van der Waals surface area contributed by atoms with Crippen molar-refractivity contribution >= 4 is 28.0 Å². The number of rotatable bonds is 3. The van der Waals surface area contributed by atoms with Gasteiger partial charge in [0.15, 0.2) is 0 Å². The summed E-state index contributed by atoms with van der Waals surface area (Å²) < 4.78 is 0. The molecule has 0 spiro atoms. The van der Waals surface area contributed by atoms with Gasteiger partial charge in [0.1, 0.15) is 5.78 Å². The van der Waals surface area contributed by atoms with Gasteiger partial charge in [-0.05, 0) is 36.8 Å². The second-order valence-electron chi connectivity index (χ2n) is 4.26. The molecule has 2 nitrogen and oxygen atoms in total. The fourth-order valence-electron chi connectivity index (χ4n) is 1.87. The van der Waals surface area contributed by atoms with Crippen molar-refractivity contribution in [3.8, 4) is 0 Å². The smallest absolute Gasteiger partial charge is 0.135 e. The van der Waals surface area contributed by atoms with E-state index in [1.807, 2.05) is 31.2 Å². The average Bonchev–Trinajstić information content (AvgIpc) is 2.27. The van der Waals surface area contributed by atoms with Gasteiger partial charge in [-0.2, -0.15) is 0 Å². The van der Waals surface area contributed by atoms with Crippen LogP contribution in [0.2, 0.25) is 0 Å². The van der Waals surface area contributed by atoms with Crippen LogP contribution in [0.15, 0.2) is 47.5 Å². The zero-order valence-electron chi connectivity index (χ0n) is 10.1. The van der Waals surface area contributed by atoms with Crippen molar-refractivity contribution in [2.45, 2.75) is 20.3 Å². The van der Waals surface area contributed by atoms with Crippen LogP contribution in [-0.2, 0) is 4.79 Å². The molecule has 0 radical (unpaired) electrons. The molecule has 0 aromatic heterocycles. The number of carbonyl (C=O) groups is 1. The van der Waals surface area contributed by atoms with Gasteiger partial charge in [-0.15, -0.1) is 0 Å². The second-order valence-corrected chi connectivity index (χ2v) is 4.26. The van der Waals surface area contributed by atoms with Gasteiger partial charge in [-0.25, -0.2) is 0 Å². The topological polar surface area (TPSA) is 29.4 Å². The highest BCUT2D eigenvalue weighted by Gasteiger charge is 1.98. The van der Waals surface area contributed by atoms with Gasteiger partial charge in [0.25, 0.3) is 0 Å². The van der Waals surface area contributed by atoms with E-state index in [4.69, 9.17) is 0 Å². The van der Waals surface area contributed by atoms with Gasteiger partial charge in [0.2, 0.25) is 0 Å². The zero-order valence-corrected chi connectivity index (χ0v) is 10.1. The lowest BCUT2D eigenvalue weighted by molar-refractivity contribution is -0.115. The third-order valence-corrected chi connectivity index (χ3v) is 2.56. The SMILES string of the molecule is CC(=O)C/C(C)=N/c1ccc2ccccc2c1. The standard InChI is InChI=1S/C15H15NO/c1-11(9-12(2)17)16-15-8-7-13-5-3-4-6-14(13)10-15/h3-8,10H,9H2,1-2H3/b16-11+. The minimum absolute atomic E-state index is 0.145. The van der Waals surface area contributed by atoms with E-state index in [1.165, 1.54) is 10.8 Å². The molecule has 0 N–H and O–H groups in total. The molecule has 0 heterocycles. The Hall–Kier alpha value is -1.96. The predicted octanol–water partition coefficient (Wildman–Crippen LogP) is 3.91. The van der Waals surface area contributed by atoms with Gasteiger partial charge in [-0.3, -0.25) is 9.79 Å². The maximum absolute atomic E-state index is 11.0. The molecule has 0 saturated carbocycles. The summed E-state index contributed by atoms with van der Waals surface area (Å²) in [6, 6.07) is 14.2. The molecular weight excluding hydrogens is 210 g/mol. The van der Waals surface area contributed by atoms with E-state index in [0.717, 1.165) is 11.4 Å². The minimum Gasteiger partial charge on any atom is -0.300 e. The van der Waals surface area contributed by atoms with Gasteiger partial charge in [0.05, 0.1) is 5.69 Å². The third kappa shape index (κ3) is 3.00. The summed E-state index contributed by atoms with van der Waals surface area (Å²) >= 11 is 0. The predicted molar refractivity (Wildman–Crippen MR) is 72.0 cm³/mol. The number of aliphatic imine (C=N–C) groups is 1. The molecule has 0 atom stereocenters. The number of benzene rings is 2. The summed E-state index contributed by atoms with van der Waals surface area (Å²) in [4.78, 5) is 15.4. The lowest BCUT2D eigenvalue weighted by Gasteiger charge is -2.01. The van der Waals surface area contributed by atoms with Crippen molar-refractivity contribution in [3.05, 3.63) is 42.5 Å². The largest absolute Gasteiger partial charge is 0.300 e. The molecule has 0 aliphatic heterocycles. The van der Waals surface area contributed by atoms with E-state index < -0.39 is 0 Å². The van der Waals surface area contributed by atoms with Crippen LogP contribution in [0.25, 0.3) is 10.8 Å².